The van der Waals surface area contributed by atoms with Crippen LogP contribution >= 0.6 is 0 Å². The number of rotatable bonds is 5. The molecule has 0 fully saturated rings. The van der Waals surface area contributed by atoms with Crippen molar-refractivity contribution in [3.8, 4) is 0 Å². The van der Waals surface area contributed by atoms with Gasteiger partial charge in [-0.05, 0) is 155 Å². The van der Waals surface area contributed by atoms with Crippen molar-refractivity contribution in [1.82, 2.24) is 0 Å². The number of aryl methyl sites for hydroxylation is 1. The molecule has 0 saturated carbocycles. The lowest BCUT2D eigenvalue weighted by Gasteiger charge is -2.45. The zero-order chi connectivity index (χ0) is 41.8. The van der Waals surface area contributed by atoms with Crippen LogP contribution in [-0.2, 0) is 10.8 Å². The van der Waals surface area contributed by atoms with E-state index in [1.165, 1.54) is 98.1 Å². The summed E-state index contributed by atoms with van der Waals surface area (Å²) in [6.45, 7) is 18.4. The van der Waals surface area contributed by atoms with Crippen LogP contribution in [0.25, 0.3) is 76.8 Å². The Kier molecular flexibility index (Phi) is 8.22. The second kappa shape index (κ2) is 13.5. The lowest BCUT2D eigenvalue weighted by atomic mass is 9.59. The largest absolute Gasteiger partial charge is 0.309 e. The van der Waals surface area contributed by atoms with Crippen molar-refractivity contribution < 1.29 is 0 Å². The highest BCUT2D eigenvalue weighted by Gasteiger charge is 2.43. The molecule has 1 nitrogen and oxygen atoms in total. The van der Waals surface area contributed by atoms with E-state index in [-0.39, 0.29) is 10.8 Å². The van der Waals surface area contributed by atoms with Gasteiger partial charge in [0.05, 0.1) is 5.69 Å². The van der Waals surface area contributed by atoms with Crippen LogP contribution in [0.1, 0.15) is 73.6 Å². The highest BCUT2D eigenvalue weighted by atomic mass is 15.1. The summed E-state index contributed by atoms with van der Waals surface area (Å²) in [4.78, 5) is 2.52. The molecule has 10 aromatic rings. The van der Waals surface area contributed by atoms with E-state index in [1.54, 1.807) is 0 Å². The molecule has 1 aliphatic carbocycles. The van der Waals surface area contributed by atoms with Crippen LogP contribution < -0.4 is 4.90 Å². The van der Waals surface area contributed by atoms with Gasteiger partial charge in [-0.3, -0.25) is 0 Å². The molecule has 1 aliphatic rings. The first kappa shape index (κ1) is 37.1. The average molecular weight is 784 g/mol. The Morgan fingerprint density at radius 2 is 0.885 bits per heavy atom. The second-order valence-corrected chi connectivity index (χ2v) is 18.1. The standard InChI is InChI=1S/C60H49N/c1-8-18-40-31-42(29-27-38(40)9-2)61(43-30-28-39-19-10-11-20-41(39)32-43)58-49-26-17-12-21-44(49)37(3)50-33-54-57(36-53(50)58)60(6,7)56-35-52-48-25-16-14-23-46(48)45-22-13-15-24-47(45)51(52)34-55(56)59(54,4)5/h8-36H,2H2,1,3-7H3/b18-8-. The van der Waals surface area contributed by atoms with Crippen LogP contribution in [-0.4, -0.2) is 0 Å². The molecule has 0 spiro atoms. The number of hydrogen-bond donors (Lipinski definition) is 0. The Morgan fingerprint density at radius 3 is 1.46 bits per heavy atom. The summed E-state index contributed by atoms with van der Waals surface area (Å²) in [7, 11) is 0. The number of benzene rings is 10. The molecule has 0 bridgehead atoms. The van der Waals surface area contributed by atoms with Gasteiger partial charge in [-0.15, -0.1) is 0 Å². The first-order valence-electron chi connectivity index (χ1n) is 21.7. The Hall–Kier alpha value is -6.96. The maximum Gasteiger partial charge on any atom is 0.0618 e. The summed E-state index contributed by atoms with van der Waals surface area (Å²) < 4.78 is 0. The number of fused-ring (bicyclic) bond motifs is 11. The smallest absolute Gasteiger partial charge is 0.0618 e. The molecule has 0 aromatic heterocycles. The van der Waals surface area contributed by atoms with Crippen molar-refractivity contribution in [3.05, 3.63) is 209 Å². The van der Waals surface area contributed by atoms with E-state index < -0.39 is 0 Å². The normalized spacial score (nSPS) is 14.3. The van der Waals surface area contributed by atoms with Crippen molar-refractivity contribution in [2.75, 3.05) is 4.90 Å². The third-order valence-electron chi connectivity index (χ3n) is 14.1. The number of nitrogens with zero attached hydrogens (tertiary/aromatic N) is 1. The molecule has 294 valence electrons. The molecule has 0 heterocycles. The van der Waals surface area contributed by atoms with Gasteiger partial charge in [0.1, 0.15) is 0 Å². The molecule has 1 heteroatoms. The van der Waals surface area contributed by atoms with E-state index in [9.17, 15) is 0 Å². The van der Waals surface area contributed by atoms with Gasteiger partial charge in [0.15, 0.2) is 0 Å². The van der Waals surface area contributed by atoms with Crippen LogP contribution in [0.2, 0.25) is 0 Å². The first-order chi connectivity index (χ1) is 29.6. The topological polar surface area (TPSA) is 3.24 Å². The fourth-order valence-electron chi connectivity index (χ4n) is 10.9. The van der Waals surface area contributed by atoms with Gasteiger partial charge in [-0.2, -0.15) is 0 Å². The van der Waals surface area contributed by atoms with E-state index >= 15 is 0 Å². The van der Waals surface area contributed by atoms with Crippen LogP contribution in [0.4, 0.5) is 17.1 Å². The van der Waals surface area contributed by atoms with E-state index in [4.69, 9.17) is 0 Å². The van der Waals surface area contributed by atoms with Gasteiger partial charge < -0.3 is 4.90 Å². The van der Waals surface area contributed by atoms with Gasteiger partial charge in [0.2, 0.25) is 0 Å². The van der Waals surface area contributed by atoms with Crippen molar-refractivity contribution in [1.29, 1.82) is 0 Å². The summed E-state index contributed by atoms with van der Waals surface area (Å²) in [5.74, 6) is 0. The fourth-order valence-corrected chi connectivity index (χ4v) is 10.9. The SMILES string of the molecule is C=Cc1ccc(N(c2ccc3ccccc3c2)c2c3ccccc3c(C)c3cc4c(cc23)C(C)(C)c2cc3c5ccccc5c5ccccc5c3cc2C4(C)C)cc1/C=C\C. The average Bonchev–Trinajstić information content (AvgIpc) is 3.29. The van der Waals surface area contributed by atoms with Gasteiger partial charge in [0.25, 0.3) is 0 Å². The minimum atomic E-state index is -0.287. The Labute approximate surface area is 358 Å². The van der Waals surface area contributed by atoms with Crippen LogP contribution in [0.15, 0.2) is 170 Å². The van der Waals surface area contributed by atoms with Crippen molar-refractivity contribution >= 4 is 93.8 Å². The van der Waals surface area contributed by atoms with E-state index in [2.05, 4.69) is 223 Å². The molecule has 0 saturated heterocycles. The lowest BCUT2D eigenvalue weighted by Crippen LogP contribution is -2.36. The van der Waals surface area contributed by atoms with Crippen LogP contribution in [0, 0.1) is 6.92 Å². The molecular weight excluding hydrogens is 735 g/mol. The Balaban J connectivity index is 1.25. The zero-order valence-electron chi connectivity index (χ0n) is 35.9. The second-order valence-electron chi connectivity index (χ2n) is 18.1. The highest BCUT2D eigenvalue weighted by molar-refractivity contribution is 6.26. The summed E-state index contributed by atoms with van der Waals surface area (Å²) in [5.41, 5.74) is 12.0. The Bertz CT molecular complexity index is 3520. The fraction of sp³-hybridized carbons (Fsp3) is 0.133. The van der Waals surface area contributed by atoms with Gasteiger partial charge in [-0.1, -0.05) is 162 Å². The number of allylic oxidation sites excluding steroid dienone is 1. The summed E-state index contributed by atoms with van der Waals surface area (Å²) in [6.07, 6.45) is 6.27. The lowest BCUT2D eigenvalue weighted by molar-refractivity contribution is 0.523. The molecule has 10 aromatic carbocycles. The molecule has 0 radical (unpaired) electrons. The maximum atomic E-state index is 4.17. The third kappa shape index (κ3) is 5.39. The first-order valence-corrected chi connectivity index (χ1v) is 21.7. The summed E-state index contributed by atoms with van der Waals surface area (Å²) in [6, 6.07) is 59.6. The molecular formula is C60H49N. The minimum absolute atomic E-state index is 0.256. The van der Waals surface area contributed by atoms with E-state index in [0.717, 1.165) is 22.5 Å². The molecule has 11 rings (SSSR count). The Morgan fingerprint density at radius 1 is 0.426 bits per heavy atom. The number of hydrogen-bond acceptors (Lipinski definition) is 1. The quantitative estimate of drug-likeness (QED) is 0.124. The van der Waals surface area contributed by atoms with E-state index in [1.807, 2.05) is 6.08 Å². The van der Waals surface area contributed by atoms with Gasteiger partial charge in [0, 0.05) is 33.0 Å². The highest BCUT2D eigenvalue weighted by Crippen LogP contribution is 2.55. The van der Waals surface area contributed by atoms with Gasteiger partial charge >= 0.3 is 0 Å². The van der Waals surface area contributed by atoms with Gasteiger partial charge in [-0.25, -0.2) is 0 Å². The summed E-state index contributed by atoms with van der Waals surface area (Å²) >= 11 is 0. The van der Waals surface area contributed by atoms with Crippen molar-refractivity contribution in [2.24, 2.45) is 0 Å². The number of anilines is 3. The minimum Gasteiger partial charge on any atom is -0.309 e. The molecule has 0 unspecified atom stereocenters. The molecule has 0 amide bonds. The van der Waals surface area contributed by atoms with Crippen LogP contribution in [0.5, 0.6) is 0 Å². The predicted molar refractivity (Wildman–Crippen MR) is 266 cm³/mol. The molecule has 0 atom stereocenters. The van der Waals surface area contributed by atoms with Crippen LogP contribution in [0.3, 0.4) is 0 Å². The molecule has 61 heavy (non-hydrogen) atoms. The molecule has 0 aliphatic heterocycles. The third-order valence-corrected chi connectivity index (χ3v) is 14.1. The monoisotopic (exact) mass is 783 g/mol. The van der Waals surface area contributed by atoms with Crippen molar-refractivity contribution in [3.63, 3.8) is 0 Å². The van der Waals surface area contributed by atoms with E-state index in [0.29, 0.717) is 0 Å². The zero-order valence-corrected chi connectivity index (χ0v) is 35.9. The van der Waals surface area contributed by atoms with Crippen molar-refractivity contribution in [2.45, 2.75) is 52.4 Å². The molecule has 0 N–H and O–H groups in total. The maximum absolute atomic E-state index is 4.17. The summed E-state index contributed by atoms with van der Waals surface area (Å²) in [5, 5.41) is 15.4. The predicted octanol–water partition coefficient (Wildman–Crippen LogP) is 17.0.